The van der Waals surface area contributed by atoms with E-state index < -0.39 is 23.5 Å². The summed E-state index contributed by atoms with van der Waals surface area (Å²) in [4.78, 5) is 27.3. The highest BCUT2D eigenvalue weighted by Crippen LogP contribution is 2.26. The number of carboxylic acids is 1. The van der Waals surface area contributed by atoms with Crippen LogP contribution in [0.2, 0.25) is 0 Å². The minimum atomic E-state index is -0.927. The van der Waals surface area contributed by atoms with Crippen molar-refractivity contribution < 1.29 is 27.9 Å². The van der Waals surface area contributed by atoms with E-state index in [2.05, 4.69) is 10.3 Å². The highest BCUT2D eigenvalue weighted by Gasteiger charge is 2.10. The van der Waals surface area contributed by atoms with Gasteiger partial charge in [-0.3, -0.25) is 9.59 Å². The number of anilines is 1. The number of carboxylic acid groups (broad SMARTS) is 1. The zero-order valence-corrected chi connectivity index (χ0v) is 16.5. The van der Waals surface area contributed by atoms with Gasteiger partial charge in [0.05, 0.1) is 6.42 Å². The van der Waals surface area contributed by atoms with Crippen LogP contribution in [0.4, 0.5) is 14.5 Å². The molecular weight excluding hydrogens is 418 g/mol. The Bertz CT molecular complexity index is 1320. The van der Waals surface area contributed by atoms with Crippen molar-refractivity contribution in [3.05, 3.63) is 89.5 Å². The van der Waals surface area contributed by atoms with Crippen molar-refractivity contribution in [2.45, 2.75) is 6.42 Å². The van der Waals surface area contributed by atoms with Crippen molar-refractivity contribution in [2.24, 2.45) is 0 Å². The molecule has 0 saturated heterocycles. The normalized spacial score (nSPS) is 11.2. The summed E-state index contributed by atoms with van der Waals surface area (Å²) in [7, 11) is 0. The van der Waals surface area contributed by atoms with Crippen LogP contribution in [0.3, 0.4) is 0 Å². The van der Waals surface area contributed by atoms with Gasteiger partial charge in [-0.2, -0.15) is 0 Å². The minimum absolute atomic E-state index is 0.102. The number of aromatic nitrogens is 1. The summed E-state index contributed by atoms with van der Waals surface area (Å²) >= 11 is 0. The van der Waals surface area contributed by atoms with Gasteiger partial charge < -0.3 is 14.8 Å². The maximum absolute atomic E-state index is 13.2. The summed E-state index contributed by atoms with van der Waals surface area (Å²) in [6, 6.07) is 14.8. The van der Waals surface area contributed by atoms with Crippen LogP contribution in [0, 0.1) is 11.6 Å². The second-order valence-corrected chi connectivity index (χ2v) is 6.99. The number of benzene rings is 3. The molecule has 1 aromatic heterocycles. The lowest BCUT2D eigenvalue weighted by Gasteiger charge is -2.03. The van der Waals surface area contributed by atoms with E-state index in [0.29, 0.717) is 33.8 Å². The first-order valence-corrected chi connectivity index (χ1v) is 9.52. The third-order valence-electron chi connectivity index (χ3n) is 4.52. The molecule has 0 spiro atoms. The van der Waals surface area contributed by atoms with Gasteiger partial charge >= 0.3 is 5.97 Å². The molecule has 0 radical (unpaired) electrons. The summed E-state index contributed by atoms with van der Waals surface area (Å²) in [5.41, 5.74) is 3.12. The average molecular weight is 434 g/mol. The van der Waals surface area contributed by atoms with Crippen molar-refractivity contribution in [2.75, 3.05) is 5.32 Å². The lowest BCUT2D eigenvalue weighted by Crippen LogP contribution is -2.07. The molecule has 0 saturated carbocycles. The van der Waals surface area contributed by atoms with Crippen molar-refractivity contribution in [1.82, 2.24) is 4.98 Å². The second kappa shape index (κ2) is 8.81. The highest BCUT2D eigenvalue weighted by molar-refractivity contribution is 6.02. The van der Waals surface area contributed by atoms with Gasteiger partial charge in [-0.15, -0.1) is 0 Å². The van der Waals surface area contributed by atoms with Crippen molar-refractivity contribution in [3.8, 4) is 11.5 Å². The molecule has 6 nitrogen and oxygen atoms in total. The molecule has 4 rings (SSSR count). The fourth-order valence-corrected chi connectivity index (χ4v) is 3.10. The van der Waals surface area contributed by atoms with Gasteiger partial charge in [0.15, 0.2) is 5.58 Å². The number of oxazole rings is 1. The largest absolute Gasteiger partial charge is 0.481 e. The smallest absolute Gasteiger partial charge is 0.307 e. The molecule has 0 bridgehead atoms. The Balaban J connectivity index is 1.45. The third-order valence-corrected chi connectivity index (χ3v) is 4.52. The maximum atomic E-state index is 13.2. The molecule has 8 heteroatoms. The Kier molecular flexibility index (Phi) is 5.76. The number of hydrogen-bond donors (Lipinski definition) is 2. The Labute approximate surface area is 180 Å². The number of nitrogens with zero attached hydrogens (tertiary/aromatic N) is 1. The summed E-state index contributed by atoms with van der Waals surface area (Å²) < 4.78 is 32.1. The monoisotopic (exact) mass is 434 g/mol. The first kappa shape index (κ1) is 20.9. The number of amides is 1. The van der Waals surface area contributed by atoms with E-state index in [9.17, 15) is 18.4 Å². The topological polar surface area (TPSA) is 92.4 Å². The number of carbonyl (C=O) groups excluding carboxylic acids is 1. The highest BCUT2D eigenvalue weighted by atomic mass is 19.1. The van der Waals surface area contributed by atoms with Gasteiger partial charge in [0, 0.05) is 23.4 Å². The van der Waals surface area contributed by atoms with E-state index in [1.54, 1.807) is 42.5 Å². The lowest BCUT2D eigenvalue weighted by molar-refractivity contribution is -0.136. The van der Waals surface area contributed by atoms with Gasteiger partial charge in [0.25, 0.3) is 0 Å². The molecular formula is C24H16F2N2O4. The van der Waals surface area contributed by atoms with Gasteiger partial charge in [0.1, 0.15) is 17.2 Å². The Hall–Kier alpha value is -4.33. The maximum Gasteiger partial charge on any atom is 0.307 e. The Morgan fingerprint density at radius 2 is 1.72 bits per heavy atom. The predicted octanol–water partition coefficient (Wildman–Crippen LogP) is 5.05. The van der Waals surface area contributed by atoms with E-state index in [1.807, 2.05) is 0 Å². The number of carbonyl (C=O) groups is 2. The molecule has 4 aromatic rings. The van der Waals surface area contributed by atoms with Crippen molar-refractivity contribution >= 4 is 34.7 Å². The van der Waals surface area contributed by atoms with E-state index in [-0.39, 0.29) is 12.0 Å². The number of halogens is 2. The third kappa shape index (κ3) is 5.04. The standard InChI is InChI=1S/C24H16F2N2O4/c25-17-9-14(10-18(26)13-17)2-8-22(29)27-19-5-3-16(4-6-19)24-28-20-11-15(12-23(30)31)1-7-21(20)32-24/h1-11,13H,12H2,(H,27,29)(H,30,31)/b8-2+. The van der Waals surface area contributed by atoms with Crippen LogP contribution in [0.5, 0.6) is 0 Å². The number of aliphatic carboxylic acids is 1. The second-order valence-electron chi connectivity index (χ2n) is 6.99. The zero-order chi connectivity index (χ0) is 22.7. The fraction of sp³-hybridized carbons (Fsp3) is 0.0417. The van der Waals surface area contributed by atoms with Crippen molar-refractivity contribution in [1.29, 1.82) is 0 Å². The summed E-state index contributed by atoms with van der Waals surface area (Å²) in [6.07, 6.45) is 2.39. The molecule has 1 amide bonds. The minimum Gasteiger partial charge on any atom is -0.481 e. The molecule has 2 N–H and O–H groups in total. The SMILES string of the molecule is O=C(O)Cc1ccc2oc(-c3ccc(NC(=O)/C=C/c4cc(F)cc(F)c4)cc3)nc2c1. The van der Waals surface area contributed by atoms with Crippen molar-refractivity contribution in [3.63, 3.8) is 0 Å². The summed E-state index contributed by atoms with van der Waals surface area (Å²) in [5.74, 6) is -2.48. The van der Waals surface area contributed by atoms with Crippen LogP contribution in [-0.2, 0) is 16.0 Å². The average Bonchev–Trinajstić information content (AvgIpc) is 3.15. The molecule has 3 aromatic carbocycles. The van der Waals surface area contributed by atoms with Crippen LogP contribution in [0.25, 0.3) is 28.6 Å². The molecule has 1 heterocycles. The van der Waals surface area contributed by atoms with Crippen LogP contribution in [-0.4, -0.2) is 22.0 Å². The predicted molar refractivity (Wildman–Crippen MR) is 115 cm³/mol. The lowest BCUT2D eigenvalue weighted by atomic mass is 10.1. The van der Waals surface area contributed by atoms with Gasteiger partial charge in [-0.25, -0.2) is 13.8 Å². The molecule has 0 atom stereocenters. The summed E-state index contributed by atoms with van der Waals surface area (Å²) in [6.45, 7) is 0. The van der Waals surface area contributed by atoms with E-state index in [0.717, 1.165) is 18.2 Å². The Morgan fingerprint density at radius 3 is 2.41 bits per heavy atom. The molecule has 32 heavy (non-hydrogen) atoms. The van der Waals surface area contributed by atoms with E-state index >= 15 is 0 Å². The van der Waals surface area contributed by atoms with Crippen LogP contribution < -0.4 is 5.32 Å². The van der Waals surface area contributed by atoms with Gasteiger partial charge in [-0.05, 0) is 65.7 Å². The number of fused-ring (bicyclic) bond motifs is 1. The molecule has 0 fully saturated rings. The molecule has 0 unspecified atom stereocenters. The molecule has 160 valence electrons. The van der Waals surface area contributed by atoms with Crippen LogP contribution in [0.15, 0.2) is 71.2 Å². The Morgan fingerprint density at radius 1 is 1.00 bits per heavy atom. The van der Waals surface area contributed by atoms with E-state index in [4.69, 9.17) is 9.52 Å². The summed E-state index contributed by atoms with van der Waals surface area (Å²) in [5, 5.41) is 11.6. The fourth-order valence-electron chi connectivity index (χ4n) is 3.10. The quantitative estimate of drug-likeness (QED) is 0.414. The van der Waals surface area contributed by atoms with Crippen LogP contribution in [0.1, 0.15) is 11.1 Å². The number of rotatable bonds is 6. The van der Waals surface area contributed by atoms with Gasteiger partial charge in [-0.1, -0.05) is 6.07 Å². The first-order chi connectivity index (χ1) is 15.4. The van der Waals surface area contributed by atoms with E-state index in [1.165, 1.54) is 12.2 Å². The number of nitrogens with one attached hydrogen (secondary N) is 1. The number of hydrogen-bond acceptors (Lipinski definition) is 4. The first-order valence-electron chi connectivity index (χ1n) is 9.52. The zero-order valence-electron chi connectivity index (χ0n) is 16.5. The molecule has 0 aliphatic carbocycles. The molecule has 0 aliphatic heterocycles. The van der Waals surface area contributed by atoms with Gasteiger partial charge in [0.2, 0.25) is 11.8 Å². The van der Waals surface area contributed by atoms with Crippen LogP contribution >= 0.6 is 0 Å². The molecule has 0 aliphatic rings.